The first-order chi connectivity index (χ1) is 11.2. The molecule has 1 aromatic carbocycles. The highest BCUT2D eigenvalue weighted by Gasteiger charge is 2.43. The second-order valence-electron chi connectivity index (χ2n) is 6.16. The van der Waals surface area contributed by atoms with Gasteiger partial charge in [-0.2, -0.15) is 0 Å². The zero-order chi connectivity index (χ0) is 16.7. The van der Waals surface area contributed by atoms with Crippen LogP contribution in [0, 0.1) is 5.92 Å². The minimum Gasteiger partial charge on any atom is -0.497 e. The summed E-state index contributed by atoms with van der Waals surface area (Å²) in [5.41, 5.74) is 1.23. The summed E-state index contributed by atoms with van der Waals surface area (Å²) in [4.78, 5) is 14.4. The molecular weight excluding hydrogens is 292 g/mol. The summed E-state index contributed by atoms with van der Waals surface area (Å²) in [7, 11) is 5.44. The zero-order valence-electron chi connectivity index (χ0n) is 14.4. The Morgan fingerprint density at radius 2 is 2.00 bits per heavy atom. The molecule has 1 amide bonds. The monoisotopic (exact) mass is 320 g/mol. The van der Waals surface area contributed by atoms with E-state index in [2.05, 4.69) is 29.4 Å². The summed E-state index contributed by atoms with van der Waals surface area (Å²) < 4.78 is 10.2. The van der Waals surface area contributed by atoms with Gasteiger partial charge in [0.25, 0.3) is 0 Å². The highest BCUT2D eigenvalue weighted by Crippen LogP contribution is 2.47. The number of amides is 1. The second kappa shape index (κ2) is 8.89. The van der Waals surface area contributed by atoms with Crippen LogP contribution in [0.4, 0.5) is 0 Å². The Labute approximate surface area is 139 Å². The zero-order valence-corrected chi connectivity index (χ0v) is 14.4. The lowest BCUT2D eigenvalue weighted by molar-refractivity contribution is -0.122. The molecular formula is C18H28N2O3. The summed E-state index contributed by atoms with van der Waals surface area (Å²) in [6.07, 6.45) is 1.91. The topological polar surface area (TPSA) is 50.8 Å². The van der Waals surface area contributed by atoms with E-state index < -0.39 is 0 Å². The molecule has 23 heavy (non-hydrogen) atoms. The van der Waals surface area contributed by atoms with Crippen LogP contribution in [0.1, 0.15) is 24.3 Å². The molecule has 2 rings (SSSR count). The van der Waals surface area contributed by atoms with Crippen LogP contribution in [0.3, 0.4) is 0 Å². The van der Waals surface area contributed by atoms with Crippen LogP contribution in [0.2, 0.25) is 0 Å². The van der Waals surface area contributed by atoms with Crippen molar-refractivity contribution in [3.05, 3.63) is 29.8 Å². The number of carbonyl (C=O) groups excluding carboxylic acids is 1. The molecule has 0 unspecified atom stereocenters. The third-order valence-corrected chi connectivity index (χ3v) is 4.36. The molecule has 1 aliphatic rings. The molecule has 0 aliphatic heterocycles. The SMILES string of the molecule is COCCN(C)CCCNC(=O)[C@H]1C[C@@H]1c1ccc(OC)cc1. The molecule has 128 valence electrons. The molecule has 5 nitrogen and oxygen atoms in total. The van der Waals surface area contributed by atoms with Gasteiger partial charge in [0.1, 0.15) is 5.75 Å². The number of ether oxygens (including phenoxy) is 2. The number of likely N-dealkylation sites (N-methyl/N-ethyl adjacent to an activating group) is 1. The lowest BCUT2D eigenvalue weighted by atomic mass is 10.1. The van der Waals surface area contributed by atoms with E-state index in [0.29, 0.717) is 5.92 Å². The number of carbonyl (C=O) groups is 1. The molecule has 1 saturated carbocycles. The van der Waals surface area contributed by atoms with E-state index >= 15 is 0 Å². The van der Waals surface area contributed by atoms with Crippen LogP contribution in [0.15, 0.2) is 24.3 Å². The predicted octanol–water partition coefficient (Wildman–Crippen LogP) is 1.88. The number of hydrogen-bond acceptors (Lipinski definition) is 4. The maximum Gasteiger partial charge on any atom is 0.223 e. The number of rotatable bonds is 10. The molecule has 0 aromatic heterocycles. The van der Waals surface area contributed by atoms with E-state index in [1.54, 1.807) is 14.2 Å². The van der Waals surface area contributed by atoms with Gasteiger partial charge >= 0.3 is 0 Å². The molecule has 5 heteroatoms. The number of nitrogens with zero attached hydrogens (tertiary/aromatic N) is 1. The van der Waals surface area contributed by atoms with Crippen molar-refractivity contribution in [3.63, 3.8) is 0 Å². The van der Waals surface area contributed by atoms with Crippen LogP contribution < -0.4 is 10.1 Å². The molecule has 1 N–H and O–H groups in total. The first-order valence-electron chi connectivity index (χ1n) is 8.25. The number of nitrogens with one attached hydrogen (secondary N) is 1. The molecule has 1 aromatic rings. The quantitative estimate of drug-likeness (QED) is 0.669. The van der Waals surface area contributed by atoms with Crippen molar-refractivity contribution in [2.75, 3.05) is 47.5 Å². The molecule has 0 radical (unpaired) electrons. The minimum absolute atomic E-state index is 0.134. The maximum atomic E-state index is 12.2. The summed E-state index contributed by atoms with van der Waals surface area (Å²) >= 11 is 0. The molecule has 1 aliphatic carbocycles. The Morgan fingerprint density at radius 3 is 2.65 bits per heavy atom. The Bertz CT molecular complexity index is 490. The van der Waals surface area contributed by atoms with Crippen LogP contribution in [-0.2, 0) is 9.53 Å². The fourth-order valence-electron chi connectivity index (χ4n) is 2.75. The highest BCUT2D eigenvalue weighted by molar-refractivity contribution is 5.82. The first-order valence-corrected chi connectivity index (χ1v) is 8.25. The first kappa shape index (κ1) is 17.8. The Kier molecular flexibility index (Phi) is 6.86. The van der Waals surface area contributed by atoms with Crippen molar-refractivity contribution in [2.45, 2.75) is 18.8 Å². The molecule has 0 heterocycles. The lowest BCUT2D eigenvalue weighted by Gasteiger charge is -2.15. The van der Waals surface area contributed by atoms with E-state index in [-0.39, 0.29) is 11.8 Å². The Morgan fingerprint density at radius 1 is 1.26 bits per heavy atom. The van der Waals surface area contributed by atoms with Crippen molar-refractivity contribution in [3.8, 4) is 5.75 Å². The van der Waals surface area contributed by atoms with E-state index in [0.717, 1.165) is 44.8 Å². The summed E-state index contributed by atoms with van der Waals surface area (Å²) in [6, 6.07) is 8.03. The van der Waals surface area contributed by atoms with Gasteiger partial charge in [-0.15, -0.1) is 0 Å². The Hall–Kier alpha value is -1.59. The van der Waals surface area contributed by atoms with Gasteiger partial charge in [-0.25, -0.2) is 0 Å². The highest BCUT2D eigenvalue weighted by atomic mass is 16.5. The third kappa shape index (κ3) is 5.52. The van der Waals surface area contributed by atoms with Gasteiger partial charge in [-0.3, -0.25) is 4.79 Å². The molecule has 0 saturated heterocycles. The lowest BCUT2D eigenvalue weighted by Crippen LogP contribution is -2.30. The van der Waals surface area contributed by atoms with E-state index in [1.165, 1.54) is 5.56 Å². The molecule has 0 bridgehead atoms. The molecule has 1 fully saturated rings. The maximum absolute atomic E-state index is 12.2. The molecule has 2 atom stereocenters. The number of methoxy groups -OCH3 is 2. The average Bonchev–Trinajstić information content (AvgIpc) is 3.37. The van der Waals surface area contributed by atoms with Gasteiger partial charge in [0, 0.05) is 26.1 Å². The normalized spacial score (nSPS) is 19.7. The van der Waals surface area contributed by atoms with Crippen LogP contribution in [0.25, 0.3) is 0 Å². The summed E-state index contributed by atoms with van der Waals surface area (Å²) in [5, 5.41) is 3.06. The Balaban J connectivity index is 1.63. The van der Waals surface area contributed by atoms with Gasteiger partial charge in [0.15, 0.2) is 0 Å². The predicted molar refractivity (Wildman–Crippen MR) is 90.8 cm³/mol. The van der Waals surface area contributed by atoms with Crippen LogP contribution >= 0.6 is 0 Å². The minimum atomic E-state index is 0.134. The van der Waals surface area contributed by atoms with E-state index in [1.807, 2.05) is 12.1 Å². The van der Waals surface area contributed by atoms with Gasteiger partial charge in [0.05, 0.1) is 13.7 Å². The molecule has 0 spiro atoms. The van der Waals surface area contributed by atoms with Crippen molar-refractivity contribution in [1.82, 2.24) is 10.2 Å². The fraction of sp³-hybridized carbons (Fsp3) is 0.611. The van der Waals surface area contributed by atoms with Crippen LogP contribution in [0.5, 0.6) is 5.75 Å². The second-order valence-corrected chi connectivity index (χ2v) is 6.16. The van der Waals surface area contributed by atoms with E-state index in [4.69, 9.17) is 9.47 Å². The number of benzene rings is 1. The number of hydrogen-bond donors (Lipinski definition) is 1. The average molecular weight is 320 g/mol. The van der Waals surface area contributed by atoms with Gasteiger partial charge in [-0.1, -0.05) is 12.1 Å². The summed E-state index contributed by atoms with van der Waals surface area (Å²) in [6.45, 7) is 3.37. The van der Waals surface area contributed by atoms with Crippen LogP contribution in [-0.4, -0.2) is 58.3 Å². The van der Waals surface area contributed by atoms with Gasteiger partial charge in [0.2, 0.25) is 5.91 Å². The van der Waals surface area contributed by atoms with Crippen molar-refractivity contribution < 1.29 is 14.3 Å². The standard InChI is InChI=1S/C18H28N2O3/c1-20(11-12-22-2)10-4-9-19-18(21)17-13-16(17)14-5-7-15(23-3)8-6-14/h5-8,16-17H,4,9-13H2,1-3H3,(H,19,21)/t16-,17+/m1/s1. The fourth-order valence-corrected chi connectivity index (χ4v) is 2.75. The largest absolute Gasteiger partial charge is 0.497 e. The van der Waals surface area contributed by atoms with Crippen molar-refractivity contribution in [2.24, 2.45) is 5.92 Å². The smallest absolute Gasteiger partial charge is 0.223 e. The van der Waals surface area contributed by atoms with E-state index in [9.17, 15) is 4.79 Å². The van der Waals surface area contributed by atoms with Crippen molar-refractivity contribution >= 4 is 5.91 Å². The van der Waals surface area contributed by atoms with Gasteiger partial charge < -0.3 is 19.7 Å². The summed E-state index contributed by atoms with van der Waals surface area (Å²) in [5.74, 6) is 1.54. The van der Waals surface area contributed by atoms with Crippen molar-refractivity contribution in [1.29, 1.82) is 0 Å². The third-order valence-electron chi connectivity index (χ3n) is 4.36. The van der Waals surface area contributed by atoms with Gasteiger partial charge in [-0.05, 0) is 50.0 Å².